The molecule has 9 aromatic carbocycles. The van der Waals surface area contributed by atoms with Crippen molar-refractivity contribution in [3.8, 4) is 56.1 Å². The second-order valence-corrected chi connectivity index (χ2v) is 17.4. The Morgan fingerprint density at radius 2 is 0.925 bits per heavy atom. The molecule has 0 N–H and O–H groups in total. The first kappa shape index (κ1) is 40.0. The molecule has 12 aromatic rings. The molecule has 0 aliphatic carbocycles. The van der Waals surface area contributed by atoms with Crippen molar-refractivity contribution in [1.82, 2.24) is 14.1 Å². The first-order valence-electron chi connectivity index (χ1n) is 23.3. The molecule has 318 valence electrons. The predicted octanol–water partition coefficient (Wildman–Crippen LogP) is 16.8. The summed E-state index contributed by atoms with van der Waals surface area (Å²) in [6.07, 6.45) is 6.44. The maximum atomic E-state index is 5.43. The Hall–Kier alpha value is -8.53. The fourth-order valence-electron chi connectivity index (χ4n) is 10.1. The Morgan fingerprint density at radius 3 is 1.57 bits per heavy atom. The smallest absolute Gasteiger partial charge is 0.138 e. The molecule has 0 saturated heterocycles. The van der Waals surface area contributed by atoms with E-state index in [4.69, 9.17) is 4.98 Å². The predicted molar refractivity (Wildman–Crippen MR) is 283 cm³/mol. The van der Waals surface area contributed by atoms with Crippen LogP contribution in [0.15, 0.2) is 237 Å². The van der Waals surface area contributed by atoms with Crippen molar-refractivity contribution in [3.05, 3.63) is 253 Å². The van der Waals surface area contributed by atoms with Gasteiger partial charge in [0.2, 0.25) is 0 Å². The lowest BCUT2D eigenvalue weighted by Gasteiger charge is -2.13. The molecule has 0 fully saturated rings. The highest BCUT2D eigenvalue weighted by atomic mass is 15.1. The maximum Gasteiger partial charge on any atom is 0.138 e. The fraction of sp³-hybridized carbons (Fsp3) is 0.0469. The molecular weight excluding hydrogens is 811 g/mol. The van der Waals surface area contributed by atoms with Crippen molar-refractivity contribution < 1.29 is 0 Å². The van der Waals surface area contributed by atoms with Crippen molar-refractivity contribution in [2.24, 2.45) is 0 Å². The van der Waals surface area contributed by atoms with Gasteiger partial charge in [0.1, 0.15) is 5.82 Å². The van der Waals surface area contributed by atoms with Gasteiger partial charge in [0.05, 0.1) is 27.9 Å². The van der Waals surface area contributed by atoms with Gasteiger partial charge in [-0.3, -0.25) is 4.57 Å². The van der Waals surface area contributed by atoms with Gasteiger partial charge in [-0.1, -0.05) is 189 Å². The second-order valence-electron chi connectivity index (χ2n) is 17.4. The topological polar surface area (TPSA) is 22.8 Å². The van der Waals surface area contributed by atoms with Gasteiger partial charge in [0.25, 0.3) is 0 Å². The van der Waals surface area contributed by atoms with Crippen molar-refractivity contribution in [3.63, 3.8) is 0 Å². The minimum atomic E-state index is 0.867. The number of benzene rings is 9. The number of hydrogen-bond acceptors (Lipinski definition) is 1. The Kier molecular flexibility index (Phi) is 10.2. The number of rotatable bonds is 10. The highest BCUT2D eigenvalue weighted by molar-refractivity contribution is 6.12. The summed E-state index contributed by atoms with van der Waals surface area (Å²) in [5.41, 5.74) is 17.6. The van der Waals surface area contributed by atoms with Crippen LogP contribution in [0.25, 0.3) is 106 Å². The summed E-state index contributed by atoms with van der Waals surface area (Å²) in [6.45, 7) is 2.29. The van der Waals surface area contributed by atoms with Crippen molar-refractivity contribution >= 4 is 49.6 Å². The summed E-state index contributed by atoms with van der Waals surface area (Å²) in [5, 5.41) is 6.12. The van der Waals surface area contributed by atoms with E-state index in [2.05, 4.69) is 259 Å². The summed E-state index contributed by atoms with van der Waals surface area (Å²) in [5.74, 6) is 0.886. The number of nitrogens with zero attached hydrogens (tertiary/aromatic N) is 3. The van der Waals surface area contributed by atoms with Gasteiger partial charge < -0.3 is 4.57 Å². The third kappa shape index (κ3) is 7.32. The maximum absolute atomic E-state index is 5.43. The van der Waals surface area contributed by atoms with Crippen molar-refractivity contribution in [2.45, 2.75) is 19.8 Å². The van der Waals surface area contributed by atoms with E-state index in [1.165, 1.54) is 77.2 Å². The van der Waals surface area contributed by atoms with Crippen LogP contribution in [0.2, 0.25) is 0 Å². The van der Waals surface area contributed by atoms with Crippen LogP contribution in [0.5, 0.6) is 0 Å². The van der Waals surface area contributed by atoms with E-state index in [0.717, 1.165) is 52.1 Å². The summed E-state index contributed by atoms with van der Waals surface area (Å²) >= 11 is 0. The zero-order chi connectivity index (χ0) is 44.7. The summed E-state index contributed by atoms with van der Waals surface area (Å²) in [6, 6.07) is 83.4. The molecule has 0 unspecified atom stereocenters. The molecule has 3 heteroatoms. The molecule has 3 nitrogen and oxygen atoms in total. The number of aryl methyl sites for hydroxylation is 1. The molecule has 0 spiro atoms. The van der Waals surface area contributed by atoms with Crippen LogP contribution in [-0.2, 0) is 12.8 Å². The summed E-state index contributed by atoms with van der Waals surface area (Å²) < 4.78 is 4.85. The average Bonchev–Trinajstić information content (AvgIpc) is 3.90. The molecule has 0 aliphatic rings. The largest absolute Gasteiger partial charge is 0.309 e. The van der Waals surface area contributed by atoms with E-state index < -0.39 is 0 Å². The van der Waals surface area contributed by atoms with Crippen molar-refractivity contribution in [1.29, 1.82) is 0 Å². The Bertz CT molecular complexity index is 3720. The van der Waals surface area contributed by atoms with Gasteiger partial charge in [-0.15, -0.1) is 0 Å². The molecule has 0 bridgehead atoms. The highest BCUT2D eigenvalue weighted by Crippen LogP contribution is 2.41. The molecule has 0 atom stereocenters. The summed E-state index contributed by atoms with van der Waals surface area (Å²) in [7, 11) is 0. The van der Waals surface area contributed by atoms with Gasteiger partial charge in [0, 0.05) is 32.8 Å². The quantitative estimate of drug-likeness (QED) is 0.134. The van der Waals surface area contributed by atoms with Gasteiger partial charge in [0.15, 0.2) is 0 Å². The van der Waals surface area contributed by atoms with Crippen LogP contribution >= 0.6 is 0 Å². The van der Waals surface area contributed by atoms with E-state index in [-0.39, 0.29) is 0 Å². The lowest BCUT2D eigenvalue weighted by Crippen LogP contribution is -2.00. The van der Waals surface area contributed by atoms with Gasteiger partial charge in [-0.05, 0) is 123 Å². The second kappa shape index (κ2) is 17.1. The number of fused-ring (bicyclic) bond motifs is 5. The van der Waals surface area contributed by atoms with Crippen molar-refractivity contribution in [2.75, 3.05) is 0 Å². The third-order valence-corrected chi connectivity index (χ3v) is 13.4. The van der Waals surface area contributed by atoms with Crippen LogP contribution < -0.4 is 0 Å². The Balaban J connectivity index is 1.06. The molecule has 0 saturated carbocycles. The van der Waals surface area contributed by atoms with E-state index in [0.29, 0.717) is 0 Å². The standard InChI is InChI=1S/C64H47N3/c1-2-53-55-40-50(34-36-61(55)66(59(53)31-17-21-44-19-7-3-8-20-44)60-32-18-29-47-26-15-16-30-54(47)60)51-35-38-63-57(41-51)56-39-49(45-22-9-4-10-23-45)33-37-62(56)67(63)64-43-52(46-24-11-5-12-25-46)42-58(65-64)48-27-13-6-14-28-48/h3-20,22-43H,2,21H2,1H3/b31-17-. The minimum Gasteiger partial charge on any atom is -0.309 e. The zero-order valence-electron chi connectivity index (χ0n) is 37.3. The molecular formula is C64H47N3. The number of allylic oxidation sites excluding steroid dienone is 1. The molecule has 3 heterocycles. The highest BCUT2D eigenvalue weighted by Gasteiger charge is 2.21. The molecule has 3 aromatic heterocycles. The van der Waals surface area contributed by atoms with E-state index >= 15 is 0 Å². The van der Waals surface area contributed by atoms with Gasteiger partial charge in [-0.2, -0.15) is 0 Å². The van der Waals surface area contributed by atoms with Crippen LogP contribution in [0.4, 0.5) is 0 Å². The number of aromatic nitrogens is 3. The lowest BCUT2D eigenvalue weighted by molar-refractivity contribution is 1.07. The van der Waals surface area contributed by atoms with Gasteiger partial charge >= 0.3 is 0 Å². The normalized spacial score (nSPS) is 11.7. The first-order chi connectivity index (χ1) is 33.2. The molecule has 0 radical (unpaired) electrons. The Labute approximate surface area is 391 Å². The average molecular weight is 858 g/mol. The molecule has 0 amide bonds. The molecule has 67 heavy (non-hydrogen) atoms. The summed E-state index contributed by atoms with van der Waals surface area (Å²) in [4.78, 5) is 5.43. The number of hydrogen-bond donors (Lipinski definition) is 0. The Morgan fingerprint density at radius 1 is 0.403 bits per heavy atom. The van der Waals surface area contributed by atoms with Crippen LogP contribution in [0, 0.1) is 0 Å². The van der Waals surface area contributed by atoms with Crippen LogP contribution in [0.3, 0.4) is 0 Å². The van der Waals surface area contributed by atoms with Gasteiger partial charge in [-0.25, -0.2) is 4.98 Å². The van der Waals surface area contributed by atoms with Crippen LogP contribution in [0.1, 0.15) is 23.7 Å². The first-order valence-corrected chi connectivity index (χ1v) is 23.3. The number of pyridine rings is 1. The third-order valence-electron chi connectivity index (χ3n) is 13.4. The zero-order valence-corrected chi connectivity index (χ0v) is 37.3. The monoisotopic (exact) mass is 857 g/mol. The lowest BCUT2D eigenvalue weighted by atomic mass is 9.98. The SMILES string of the molecule is CCc1c(/C=C\Cc2ccccc2)n(-c2cccc3ccccc23)c2ccc(-c3ccc4c(c3)c3cc(-c5ccccc5)ccc3n4-c3cc(-c4ccccc4)cc(-c4ccccc4)n3)cc12. The minimum absolute atomic E-state index is 0.867. The van der Waals surface area contributed by atoms with E-state index in [9.17, 15) is 0 Å². The van der Waals surface area contributed by atoms with E-state index in [1.54, 1.807) is 0 Å². The molecule has 0 aliphatic heterocycles. The molecule has 12 rings (SSSR count). The van der Waals surface area contributed by atoms with E-state index in [1.807, 2.05) is 0 Å². The van der Waals surface area contributed by atoms with Crippen LogP contribution in [-0.4, -0.2) is 14.1 Å². The fourth-order valence-corrected chi connectivity index (χ4v) is 10.1.